The number of rotatable bonds is 5. The maximum Gasteiger partial charge on any atom is 0.276 e. The zero-order valence-electron chi connectivity index (χ0n) is 15.0. The molecule has 0 spiro atoms. The summed E-state index contributed by atoms with van der Waals surface area (Å²) >= 11 is 6.29. The summed E-state index contributed by atoms with van der Waals surface area (Å²) < 4.78 is 0. The average molecular weight is 383 g/mol. The van der Waals surface area contributed by atoms with Crippen LogP contribution in [0.2, 0.25) is 5.02 Å². The molecule has 2 amide bonds. The fourth-order valence-electron chi connectivity index (χ4n) is 2.97. The van der Waals surface area contributed by atoms with Crippen molar-refractivity contribution < 1.29 is 9.59 Å². The molecule has 1 heterocycles. The lowest BCUT2D eigenvalue weighted by atomic mass is 10.0. The number of nitrogens with two attached hydrogens (primary N) is 1. The number of para-hydroxylation sites is 2. The lowest BCUT2D eigenvalue weighted by Crippen LogP contribution is -2.24. The fraction of sp³-hybridized carbons (Fsp3) is 0.200. The first-order valence-electron chi connectivity index (χ1n) is 8.64. The maximum atomic E-state index is 13.0. The summed E-state index contributed by atoms with van der Waals surface area (Å²) in [7, 11) is 0. The van der Waals surface area contributed by atoms with Crippen molar-refractivity contribution in [3.8, 4) is 0 Å². The van der Waals surface area contributed by atoms with E-state index in [4.69, 9.17) is 17.3 Å². The van der Waals surface area contributed by atoms with Gasteiger partial charge >= 0.3 is 0 Å². The van der Waals surface area contributed by atoms with E-state index in [0.29, 0.717) is 34.6 Å². The molecule has 0 fully saturated rings. The Balaban J connectivity index is 2.11. The third kappa shape index (κ3) is 3.61. The van der Waals surface area contributed by atoms with Crippen LogP contribution in [0.4, 0.5) is 5.69 Å². The number of primary amides is 1. The molecule has 0 bridgehead atoms. The summed E-state index contributed by atoms with van der Waals surface area (Å²) in [6, 6.07) is 10.7. The molecule has 2 aromatic carbocycles. The van der Waals surface area contributed by atoms with Crippen molar-refractivity contribution in [2.75, 3.05) is 5.32 Å². The number of aryl methyl sites for hydroxylation is 1. The molecular weight excluding hydrogens is 364 g/mol. The van der Waals surface area contributed by atoms with Crippen LogP contribution in [0.5, 0.6) is 0 Å². The molecule has 3 N–H and O–H groups in total. The van der Waals surface area contributed by atoms with Crippen LogP contribution in [0.3, 0.4) is 0 Å². The molecule has 0 atom stereocenters. The van der Waals surface area contributed by atoms with Crippen LogP contribution in [0.1, 0.15) is 46.0 Å². The summed E-state index contributed by atoms with van der Waals surface area (Å²) in [5.41, 5.74) is 8.58. The van der Waals surface area contributed by atoms with Crippen LogP contribution in [-0.2, 0) is 12.8 Å². The smallest absolute Gasteiger partial charge is 0.276 e. The normalized spacial score (nSPS) is 10.8. The van der Waals surface area contributed by atoms with Crippen molar-refractivity contribution in [2.24, 2.45) is 5.73 Å². The molecule has 6 nitrogen and oxygen atoms in total. The molecule has 0 unspecified atom stereocenters. The Morgan fingerprint density at radius 1 is 1.00 bits per heavy atom. The molecule has 0 aliphatic heterocycles. The topological polar surface area (TPSA) is 98.0 Å². The van der Waals surface area contributed by atoms with Gasteiger partial charge < -0.3 is 11.1 Å². The van der Waals surface area contributed by atoms with Crippen LogP contribution in [0, 0.1) is 0 Å². The second kappa shape index (κ2) is 7.72. The van der Waals surface area contributed by atoms with E-state index in [1.165, 1.54) is 0 Å². The second-order valence-electron chi connectivity index (χ2n) is 6.00. The lowest BCUT2D eigenvalue weighted by Gasteiger charge is -2.16. The highest BCUT2D eigenvalue weighted by molar-refractivity contribution is 6.32. The highest BCUT2D eigenvalue weighted by Gasteiger charge is 2.22. The first kappa shape index (κ1) is 18.8. The molecule has 0 saturated carbocycles. The van der Waals surface area contributed by atoms with Gasteiger partial charge in [-0.25, -0.2) is 9.97 Å². The largest absolute Gasteiger partial charge is 0.364 e. The minimum Gasteiger partial charge on any atom is -0.364 e. The number of fused-ring (bicyclic) bond motifs is 1. The molecule has 0 radical (unpaired) electrons. The molecule has 3 rings (SSSR count). The monoisotopic (exact) mass is 382 g/mol. The van der Waals surface area contributed by atoms with Gasteiger partial charge in [0.15, 0.2) is 11.4 Å². The average Bonchev–Trinajstić information content (AvgIpc) is 2.67. The molecule has 3 aromatic rings. The number of hydrogen-bond donors (Lipinski definition) is 2. The SMILES string of the molecule is CCc1ccc(Cl)c(CC)c1NC(=O)c1nc2ccccc2nc1C(N)=O. The van der Waals surface area contributed by atoms with Crippen molar-refractivity contribution in [2.45, 2.75) is 26.7 Å². The van der Waals surface area contributed by atoms with Gasteiger partial charge in [0.1, 0.15) is 0 Å². The quantitative estimate of drug-likeness (QED) is 0.701. The van der Waals surface area contributed by atoms with Crippen molar-refractivity contribution >= 4 is 40.1 Å². The first-order chi connectivity index (χ1) is 13.0. The number of benzene rings is 2. The number of anilines is 1. The van der Waals surface area contributed by atoms with Gasteiger partial charge in [0, 0.05) is 10.7 Å². The van der Waals surface area contributed by atoms with Gasteiger partial charge in [0.05, 0.1) is 11.0 Å². The Morgan fingerprint density at radius 3 is 2.19 bits per heavy atom. The Labute approximate surface area is 161 Å². The van der Waals surface area contributed by atoms with Crippen molar-refractivity contribution in [3.63, 3.8) is 0 Å². The molecule has 27 heavy (non-hydrogen) atoms. The van der Waals surface area contributed by atoms with Crippen LogP contribution in [-0.4, -0.2) is 21.8 Å². The molecular formula is C20H19ClN4O2. The number of amides is 2. The maximum absolute atomic E-state index is 13.0. The van der Waals surface area contributed by atoms with Gasteiger partial charge in [-0.05, 0) is 42.2 Å². The second-order valence-corrected chi connectivity index (χ2v) is 6.40. The predicted molar refractivity (Wildman–Crippen MR) is 106 cm³/mol. The first-order valence-corrected chi connectivity index (χ1v) is 9.02. The molecule has 0 aliphatic carbocycles. The van der Waals surface area contributed by atoms with Gasteiger partial charge in [-0.15, -0.1) is 0 Å². The van der Waals surface area contributed by atoms with Crippen LogP contribution >= 0.6 is 11.6 Å². The van der Waals surface area contributed by atoms with E-state index >= 15 is 0 Å². The number of carbonyl (C=O) groups is 2. The van der Waals surface area contributed by atoms with E-state index < -0.39 is 11.8 Å². The summed E-state index contributed by atoms with van der Waals surface area (Å²) in [4.78, 5) is 33.3. The summed E-state index contributed by atoms with van der Waals surface area (Å²) in [5.74, 6) is -1.36. The molecule has 7 heteroatoms. The highest BCUT2D eigenvalue weighted by atomic mass is 35.5. The number of halogens is 1. The molecule has 0 aliphatic rings. The fourth-order valence-corrected chi connectivity index (χ4v) is 3.26. The van der Waals surface area contributed by atoms with Gasteiger partial charge in [-0.2, -0.15) is 0 Å². The lowest BCUT2D eigenvalue weighted by molar-refractivity contribution is 0.0970. The summed E-state index contributed by atoms with van der Waals surface area (Å²) in [5, 5.41) is 3.44. The minimum absolute atomic E-state index is 0.106. The van der Waals surface area contributed by atoms with Crippen LogP contribution in [0.15, 0.2) is 36.4 Å². The summed E-state index contributed by atoms with van der Waals surface area (Å²) in [6.07, 6.45) is 1.36. The van der Waals surface area contributed by atoms with Gasteiger partial charge in [-0.1, -0.05) is 43.6 Å². The van der Waals surface area contributed by atoms with Gasteiger partial charge in [-0.3, -0.25) is 9.59 Å². The Kier molecular flexibility index (Phi) is 5.37. The van der Waals surface area contributed by atoms with E-state index in [0.717, 1.165) is 11.1 Å². The third-order valence-corrected chi connectivity index (χ3v) is 4.69. The van der Waals surface area contributed by atoms with Crippen molar-refractivity contribution in [3.05, 3.63) is 63.9 Å². The number of nitrogens with one attached hydrogen (secondary N) is 1. The Bertz CT molecular complexity index is 1050. The highest BCUT2D eigenvalue weighted by Crippen LogP contribution is 2.30. The van der Waals surface area contributed by atoms with Gasteiger partial charge in [0.2, 0.25) is 0 Å². The van der Waals surface area contributed by atoms with Crippen LogP contribution < -0.4 is 11.1 Å². The van der Waals surface area contributed by atoms with E-state index in [2.05, 4.69) is 15.3 Å². The minimum atomic E-state index is -0.809. The molecule has 138 valence electrons. The molecule has 1 aromatic heterocycles. The van der Waals surface area contributed by atoms with E-state index in [1.54, 1.807) is 24.3 Å². The standard InChI is InChI=1S/C20H19ClN4O2/c1-3-11-9-10-13(21)12(4-2)16(11)25-20(27)18-17(19(22)26)23-14-7-5-6-8-15(14)24-18/h5-10H,3-4H2,1-2H3,(H2,22,26)(H,25,27). The van der Waals surface area contributed by atoms with Gasteiger partial charge in [0.25, 0.3) is 11.8 Å². The van der Waals surface area contributed by atoms with Crippen LogP contribution in [0.25, 0.3) is 11.0 Å². The number of carbonyl (C=O) groups excluding carboxylic acids is 2. The zero-order valence-corrected chi connectivity index (χ0v) is 15.8. The number of hydrogen-bond acceptors (Lipinski definition) is 4. The van der Waals surface area contributed by atoms with E-state index in [-0.39, 0.29) is 11.4 Å². The zero-order chi connectivity index (χ0) is 19.6. The van der Waals surface area contributed by atoms with E-state index in [1.807, 2.05) is 26.0 Å². The Hall–Kier alpha value is -2.99. The third-order valence-electron chi connectivity index (χ3n) is 4.33. The number of nitrogens with zero attached hydrogens (tertiary/aromatic N) is 2. The van der Waals surface area contributed by atoms with E-state index in [9.17, 15) is 9.59 Å². The van der Waals surface area contributed by atoms with Crippen molar-refractivity contribution in [1.82, 2.24) is 9.97 Å². The predicted octanol–water partition coefficient (Wildman–Crippen LogP) is 3.76. The Morgan fingerprint density at radius 2 is 1.63 bits per heavy atom. The summed E-state index contributed by atoms with van der Waals surface area (Å²) in [6.45, 7) is 3.95. The number of aromatic nitrogens is 2. The molecule has 0 saturated heterocycles. The van der Waals surface area contributed by atoms with Crippen molar-refractivity contribution in [1.29, 1.82) is 0 Å².